The predicted molar refractivity (Wildman–Crippen MR) is 108 cm³/mol. The number of sulfonamides is 1. The lowest BCUT2D eigenvalue weighted by Gasteiger charge is -2.16. The number of carbonyl (C=O) groups excluding carboxylic acids is 1. The highest BCUT2D eigenvalue weighted by atomic mass is 32.2. The summed E-state index contributed by atoms with van der Waals surface area (Å²) in [4.78, 5) is 12.6. The molecule has 1 aliphatic rings. The minimum absolute atomic E-state index is 0.0663. The first kappa shape index (κ1) is 20.2. The van der Waals surface area contributed by atoms with Gasteiger partial charge in [-0.05, 0) is 57.0 Å². The van der Waals surface area contributed by atoms with Crippen molar-refractivity contribution in [1.29, 1.82) is 0 Å². The highest BCUT2D eigenvalue weighted by Crippen LogP contribution is 2.30. The molecule has 4 rings (SSSR count). The Bertz CT molecular complexity index is 1160. The summed E-state index contributed by atoms with van der Waals surface area (Å²) in [6, 6.07) is 7.67. The molecule has 1 aliphatic carbocycles. The summed E-state index contributed by atoms with van der Waals surface area (Å²) in [7, 11) is -1.98. The van der Waals surface area contributed by atoms with Crippen LogP contribution in [-0.4, -0.2) is 51.7 Å². The van der Waals surface area contributed by atoms with Gasteiger partial charge in [0.25, 0.3) is 11.8 Å². The molecule has 0 unspecified atom stereocenters. The summed E-state index contributed by atoms with van der Waals surface area (Å²) in [6.07, 6.45) is 3.55. The van der Waals surface area contributed by atoms with Crippen LogP contribution in [-0.2, 0) is 10.0 Å². The molecule has 2 aromatic heterocycles. The largest absolute Gasteiger partial charge is 0.401 e. The molecule has 0 atom stereocenters. The topological polar surface area (TPSA) is 123 Å². The van der Waals surface area contributed by atoms with E-state index in [4.69, 9.17) is 4.42 Å². The summed E-state index contributed by atoms with van der Waals surface area (Å²) in [5, 5.41) is 14.6. The minimum atomic E-state index is -3.56. The zero-order valence-electron chi connectivity index (χ0n) is 16.8. The van der Waals surface area contributed by atoms with Gasteiger partial charge in [0.2, 0.25) is 10.0 Å². The van der Waals surface area contributed by atoms with Crippen LogP contribution in [0.4, 0.5) is 6.01 Å². The molecular weight excluding hydrogens is 408 g/mol. The van der Waals surface area contributed by atoms with E-state index in [-0.39, 0.29) is 34.4 Å². The SMILES string of the molecule is CC(C)n1ccc(-c2nnc(NC(=O)c3ccc(S(=O)(=O)N(C)C4CC4)cc3)o2)n1. The second-order valence-electron chi connectivity index (χ2n) is 7.42. The molecular formula is C19H22N6O4S. The van der Waals surface area contributed by atoms with Crippen molar-refractivity contribution in [3.8, 4) is 11.6 Å². The normalized spacial score (nSPS) is 14.4. The molecule has 0 saturated heterocycles. The minimum Gasteiger partial charge on any atom is -0.401 e. The molecule has 30 heavy (non-hydrogen) atoms. The van der Waals surface area contributed by atoms with Gasteiger partial charge < -0.3 is 4.42 Å². The second kappa shape index (κ2) is 7.65. The van der Waals surface area contributed by atoms with Crippen molar-refractivity contribution in [2.24, 2.45) is 0 Å². The third-order valence-corrected chi connectivity index (χ3v) is 6.78. The Hall–Kier alpha value is -3.05. The maximum absolute atomic E-state index is 12.6. The Morgan fingerprint density at radius 2 is 1.90 bits per heavy atom. The van der Waals surface area contributed by atoms with E-state index in [2.05, 4.69) is 20.6 Å². The van der Waals surface area contributed by atoms with Gasteiger partial charge in [-0.3, -0.25) is 14.8 Å². The fourth-order valence-corrected chi connectivity index (χ4v) is 4.28. The average Bonchev–Trinajstić information content (AvgIpc) is 3.25. The monoisotopic (exact) mass is 430 g/mol. The van der Waals surface area contributed by atoms with Gasteiger partial charge in [-0.1, -0.05) is 5.10 Å². The Morgan fingerprint density at radius 1 is 1.20 bits per heavy atom. The molecule has 1 N–H and O–H groups in total. The van der Waals surface area contributed by atoms with Crippen molar-refractivity contribution in [2.75, 3.05) is 12.4 Å². The summed E-state index contributed by atoms with van der Waals surface area (Å²) in [6.45, 7) is 3.99. The van der Waals surface area contributed by atoms with E-state index in [0.717, 1.165) is 12.8 Å². The van der Waals surface area contributed by atoms with Crippen LogP contribution in [0.15, 0.2) is 45.8 Å². The lowest BCUT2D eigenvalue weighted by atomic mass is 10.2. The average molecular weight is 430 g/mol. The van der Waals surface area contributed by atoms with Crippen molar-refractivity contribution < 1.29 is 17.6 Å². The van der Waals surface area contributed by atoms with Crippen LogP contribution >= 0.6 is 0 Å². The van der Waals surface area contributed by atoms with Gasteiger partial charge in [-0.25, -0.2) is 8.42 Å². The summed E-state index contributed by atoms with van der Waals surface area (Å²) in [5.74, 6) is -0.299. The van der Waals surface area contributed by atoms with E-state index in [0.29, 0.717) is 5.69 Å². The molecule has 1 fully saturated rings. The third kappa shape index (κ3) is 3.98. The first-order valence-electron chi connectivity index (χ1n) is 9.54. The van der Waals surface area contributed by atoms with Crippen molar-refractivity contribution in [2.45, 2.75) is 43.7 Å². The number of rotatable bonds is 7. The van der Waals surface area contributed by atoms with Crippen molar-refractivity contribution >= 4 is 21.9 Å². The molecule has 158 valence electrons. The van der Waals surface area contributed by atoms with Crippen LogP contribution in [0.2, 0.25) is 0 Å². The van der Waals surface area contributed by atoms with Gasteiger partial charge >= 0.3 is 6.01 Å². The number of anilines is 1. The van der Waals surface area contributed by atoms with Crippen LogP contribution in [0.3, 0.4) is 0 Å². The zero-order valence-corrected chi connectivity index (χ0v) is 17.6. The molecule has 11 heteroatoms. The highest BCUT2D eigenvalue weighted by molar-refractivity contribution is 7.89. The second-order valence-corrected chi connectivity index (χ2v) is 9.42. The van der Waals surface area contributed by atoms with Crippen molar-refractivity contribution in [1.82, 2.24) is 24.3 Å². The van der Waals surface area contributed by atoms with Gasteiger partial charge in [0.15, 0.2) is 0 Å². The molecule has 1 aromatic carbocycles. The van der Waals surface area contributed by atoms with Gasteiger partial charge in [0.1, 0.15) is 5.69 Å². The fraction of sp³-hybridized carbons (Fsp3) is 0.368. The van der Waals surface area contributed by atoms with E-state index in [9.17, 15) is 13.2 Å². The number of carbonyl (C=O) groups is 1. The van der Waals surface area contributed by atoms with E-state index >= 15 is 0 Å². The smallest absolute Gasteiger partial charge is 0.322 e. The van der Waals surface area contributed by atoms with E-state index in [1.54, 1.807) is 24.0 Å². The summed E-state index contributed by atoms with van der Waals surface area (Å²) >= 11 is 0. The van der Waals surface area contributed by atoms with E-state index in [1.165, 1.54) is 28.6 Å². The Labute approximate surface area is 174 Å². The number of hydrogen-bond acceptors (Lipinski definition) is 7. The maximum atomic E-state index is 12.6. The fourth-order valence-electron chi connectivity index (χ4n) is 2.87. The molecule has 1 amide bonds. The van der Waals surface area contributed by atoms with Crippen LogP contribution in [0, 0.1) is 0 Å². The van der Waals surface area contributed by atoms with Crippen LogP contribution in [0.5, 0.6) is 0 Å². The Morgan fingerprint density at radius 3 is 2.50 bits per heavy atom. The first-order valence-corrected chi connectivity index (χ1v) is 11.0. The summed E-state index contributed by atoms with van der Waals surface area (Å²) in [5.41, 5.74) is 0.776. The van der Waals surface area contributed by atoms with Gasteiger partial charge in [-0.15, -0.1) is 5.10 Å². The van der Waals surface area contributed by atoms with Gasteiger partial charge in [0, 0.05) is 30.9 Å². The van der Waals surface area contributed by atoms with E-state index < -0.39 is 15.9 Å². The third-order valence-electron chi connectivity index (χ3n) is 4.86. The molecule has 0 radical (unpaired) electrons. The quantitative estimate of drug-likeness (QED) is 0.611. The number of nitrogens with one attached hydrogen (secondary N) is 1. The van der Waals surface area contributed by atoms with E-state index in [1.807, 2.05) is 13.8 Å². The zero-order chi connectivity index (χ0) is 21.5. The van der Waals surface area contributed by atoms with Crippen molar-refractivity contribution in [3.63, 3.8) is 0 Å². The molecule has 10 nitrogen and oxygen atoms in total. The number of nitrogens with zero attached hydrogens (tertiary/aromatic N) is 5. The molecule has 3 aromatic rings. The standard InChI is InChI=1S/C19H22N6O4S/c1-12(2)25-11-10-16(23-25)18-21-22-19(29-18)20-17(26)13-4-8-15(9-5-13)30(27,28)24(3)14-6-7-14/h4-5,8-12,14H,6-7H2,1-3H3,(H,20,22,26). The first-order chi connectivity index (χ1) is 14.3. The lowest BCUT2D eigenvalue weighted by Crippen LogP contribution is -2.29. The summed E-state index contributed by atoms with van der Waals surface area (Å²) < 4.78 is 33.7. The Balaban J connectivity index is 1.44. The number of hydrogen-bond donors (Lipinski definition) is 1. The number of amides is 1. The lowest BCUT2D eigenvalue weighted by molar-refractivity contribution is 0.102. The predicted octanol–water partition coefficient (Wildman–Crippen LogP) is 2.55. The van der Waals surface area contributed by atoms with Crippen molar-refractivity contribution in [3.05, 3.63) is 42.1 Å². The molecule has 0 spiro atoms. The van der Waals surface area contributed by atoms with Crippen LogP contribution in [0.1, 0.15) is 43.1 Å². The van der Waals surface area contributed by atoms with Crippen LogP contribution < -0.4 is 5.32 Å². The van der Waals surface area contributed by atoms with Gasteiger partial charge in [-0.2, -0.15) is 9.40 Å². The molecule has 2 heterocycles. The maximum Gasteiger partial charge on any atom is 0.322 e. The highest BCUT2D eigenvalue weighted by Gasteiger charge is 2.35. The number of aromatic nitrogens is 4. The molecule has 0 bridgehead atoms. The van der Waals surface area contributed by atoms with Crippen LogP contribution in [0.25, 0.3) is 11.6 Å². The molecule has 1 saturated carbocycles. The molecule has 0 aliphatic heterocycles. The Kier molecular flexibility index (Phi) is 5.16. The number of benzene rings is 1. The van der Waals surface area contributed by atoms with Gasteiger partial charge in [0.05, 0.1) is 4.90 Å².